The third-order valence-electron chi connectivity index (χ3n) is 6.41. The molecule has 1 saturated carbocycles. The molecule has 1 aliphatic carbocycles. The maximum Gasteiger partial charge on any atom is 0.405 e. The highest BCUT2D eigenvalue weighted by Gasteiger charge is 2.61. The van der Waals surface area contributed by atoms with Crippen LogP contribution in [-0.4, -0.2) is 67.9 Å². The number of fused-ring (bicyclic) bond motifs is 2. The van der Waals surface area contributed by atoms with Crippen LogP contribution in [0.3, 0.4) is 0 Å². The summed E-state index contributed by atoms with van der Waals surface area (Å²) in [5.74, 6) is -2.24. The minimum atomic E-state index is -4.07. The van der Waals surface area contributed by atoms with Crippen molar-refractivity contribution in [3.05, 3.63) is 12.2 Å². The Kier molecular flexibility index (Phi) is 8.18. The van der Waals surface area contributed by atoms with E-state index in [2.05, 4.69) is 10.0 Å². The van der Waals surface area contributed by atoms with Crippen molar-refractivity contribution in [1.29, 1.82) is 0 Å². The second kappa shape index (κ2) is 10.7. The summed E-state index contributed by atoms with van der Waals surface area (Å²) in [7, 11) is -4.07. The molecule has 0 bridgehead atoms. The van der Waals surface area contributed by atoms with E-state index in [-0.39, 0.29) is 18.9 Å². The second-order valence-electron chi connectivity index (χ2n) is 8.89. The number of carbonyl (C=O) groups is 4. The van der Waals surface area contributed by atoms with Crippen LogP contribution in [0.25, 0.3) is 0 Å². The van der Waals surface area contributed by atoms with Crippen LogP contribution in [0.4, 0.5) is 4.79 Å². The maximum atomic E-state index is 13.2. The standard InChI is InChI=1S/C21H33N5O7S/c1-2-23-34(31,32)25-19(29)21-13-14(21)9-6-4-3-5-7-11-16(33-20(22)30)18(28)26-12-8-10-15(26)17(27)24-21/h6,9,14-16,23H,2-5,7-8,10-13H2,1H3,(H2,22,30)(H,24,27)(H,25,29)/b9-6+. The Morgan fingerprint density at radius 1 is 1.24 bits per heavy atom. The quantitative estimate of drug-likeness (QED) is 0.379. The number of amides is 4. The molecule has 0 radical (unpaired) electrons. The molecule has 2 fully saturated rings. The van der Waals surface area contributed by atoms with Gasteiger partial charge < -0.3 is 20.7 Å². The molecule has 1 saturated heterocycles. The smallest absolute Gasteiger partial charge is 0.405 e. The van der Waals surface area contributed by atoms with Crippen molar-refractivity contribution in [3.8, 4) is 0 Å². The van der Waals surface area contributed by atoms with Crippen molar-refractivity contribution < 1.29 is 32.3 Å². The molecule has 0 aromatic rings. The molecule has 190 valence electrons. The Morgan fingerprint density at radius 3 is 2.71 bits per heavy atom. The summed E-state index contributed by atoms with van der Waals surface area (Å²) in [5, 5.41) is 2.73. The monoisotopic (exact) mass is 499 g/mol. The Labute approximate surface area is 199 Å². The number of rotatable bonds is 5. The molecule has 3 rings (SSSR count). The molecule has 4 amide bonds. The molecule has 13 heteroatoms. The van der Waals surface area contributed by atoms with E-state index in [0.29, 0.717) is 38.6 Å². The van der Waals surface area contributed by atoms with E-state index in [0.717, 1.165) is 12.8 Å². The van der Waals surface area contributed by atoms with E-state index >= 15 is 0 Å². The molecular formula is C21H33N5O7S. The van der Waals surface area contributed by atoms with Crippen LogP contribution in [0.1, 0.15) is 58.3 Å². The molecule has 2 aliphatic heterocycles. The van der Waals surface area contributed by atoms with Crippen molar-refractivity contribution >= 4 is 34.0 Å². The number of hydrogen-bond donors (Lipinski definition) is 4. The van der Waals surface area contributed by atoms with Crippen molar-refractivity contribution in [3.63, 3.8) is 0 Å². The van der Waals surface area contributed by atoms with Gasteiger partial charge in [0.05, 0.1) is 0 Å². The normalized spacial score (nSPS) is 31.2. The van der Waals surface area contributed by atoms with Gasteiger partial charge in [-0.2, -0.15) is 13.1 Å². The number of carbonyl (C=O) groups excluding carboxylic acids is 4. The van der Waals surface area contributed by atoms with Gasteiger partial charge in [-0.3, -0.25) is 14.4 Å². The lowest BCUT2D eigenvalue weighted by Crippen LogP contribution is -2.58. The van der Waals surface area contributed by atoms with Crippen LogP contribution in [-0.2, 0) is 29.3 Å². The minimum absolute atomic E-state index is 0.0962. The summed E-state index contributed by atoms with van der Waals surface area (Å²) < 4.78 is 33.4. The first kappa shape index (κ1) is 25.9. The third-order valence-corrected chi connectivity index (χ3v) is 7.53. The second-order valence-corrected chi connectivity index (χ2v) is 10.4. The van der Waals surface area contributed by atoms with Gasteiger partial charge in [-0.15, -0.1) is 0 Å². The molecule has 5 N–H and O–H groups in total. The lowest BCUT2D eigenvalue weighted by molar-refractivity contribution is -0.146. The van der Waals surface area contributed by atoms with Crippen molar-refractivity contribution in [1.82, 2.24) is 19.7 Å². The number of primary amides is 1. The van der Waals surface area contributed by atoms with Crippen LogP contribution in [0.15, 0.2) is 12.2 Å². The van der Waals surface area contributed by atoms with Gasteiger partial charge in [0.1, 0.15) is 11.6 Å². The SMILES string of the molecule is CCNS(=O)(=O)NC(=O)C12CC1/C=C/CCCCCC(OC(N)=O)C(=O)N1CCCC1C(=O)N2. The molecule has 34 heavy (non-hydrogen) atoms. The van der Waals surface area contributed by atoms with Gasteiger partial charge >= 0.3 is 16.3 Å². The van der Waals surface area contributed by atoms with E-state index in [1.54, 1.807) is 6.92 Å². The zero-order valence-electron chi connectivity index (χ0n) is 19.2. The van der Waals surface area contributed by atoms with Crippen LogP contribution in [0, 0.1) is 5.92 Å². The first-order valence-electron chi connectivity index (χ1n) is 11.7. The molecular weight excluding hydrogens is 466 g/mol. The lowest BCUT2D eigenvalue weighted by Gasteiger charge is -2.29. The van der Waals surface area contributed by atoms with E-state index in [9.17, 15) is 27.6 Å². The Balaban J connectivity index is 1.85. The van der Waals surface area contributed by atoms with Crippen LogP contribution in [0.5, 0.6) is 0 Å². The van der Waals surface area contributed by atoms with Gasteiger partial charge in [-0.1, -0.05) is 25.5 Å². The largest absolute Gasteiger partial charge is 0.436 e. The van der Waals surface area contributed by atoms with E-state index in [4.69, 9.17) is 10.5 Å². The van der Waals surface area contributed by atoms with Gasteiger partial charge in [0.25, 0.3) is 11.8 Å². The van der Waals surface area contributed by atoms with Gasteiger partial charge in [-0.05, 0) is 44.9 Å². The summed E-state index contributed by atoms with van der Waals surface area (Å²) in [6.45, 7) is 1.98. The number of ether oxygens (including phenoxy) is 1. The molecule has 3 aliphatic rings. The molecule has 2 heterocycles. The highest BCUT2D eigenvalue weighted by Crippen LogP contribution is 2.45. The lowest BCUT2D eigenvalue weighted by atomic mass is 10.1. The number of nitrogens with zero attached hydrogens (tertiary/aromatic N) is 1. The first-order chi connectivity index (χ1) is 16.1. The van der Waals surface area contributed by atoms with Crippen LogP contribution in [0.2, 0.25) is 0 Å². The van der Waals surface area contributed by atoms with E-state index in [1.165, 1.54) is 4.90 Å². The molecule has 4 atom stereocenters. The average molecular weight is 500 g/mol. The molecule has 0 spiro atoms. The fourth-order valence-electron chi connectivity index (χ4n) is 4.61. The first-order valence-corrected chi connectivity index (χ1v) is 13.1. The number of nitrogens with one attached hydrogen (secondary N) is 3. The minimum Gasteiger partial charge on any atom is -0.436 e. The predicted molar refractivity (Wildman–Crippen MR) is 121 cm³/mol. The third kappa shape index (κ3) is 6.06. The number of hydrogen-bond acceptors (Lipinski definition) is 7. The maximum absolute atomic E-state index is 13.2. The predicted octanol–water partition coefficient (Wildman–Crippen LogP) is -0.193. The Bertz CT molecular complexity index is 953. The summed E-state index contributed by atoms with van der Waals surface area (Å²) >= 11 is 0. The highest BCUT2D eigenvalue weighted by molar-refractivity contribution is 7.88. The van der Waals surface area contributed by atoms with E-state index in [1.807, 2.05) is 16.9 Å². The average Bonchev–Trinajstić information content (AvgIpc) is 3.22. The molecule has 12 nitrogen and oxygen atoms in total. The van der Waals surface area contributed by atoms with E-state index < -0.39 is 51.7 Å². The molecule has 0 aromatic carbocycles. The Morgan fingerprint density at radius 2 is 2.00 bits per heavy atom. The fourth-order valence-corrected chi connectivity index (χ4v) is 5.49. The zero-order valence-corrected chi connectivity index (χ0v) is 20.1. The van der Waals surface area contributed by atoms with Gasteiger partial charge in [0.2, 0.25) is 5.91 Å². The van der Waals surface area contributed by atoms with Crippen molar-refractivity contribution in [2.75, 3.05) is 13.1 Å². The van der Waals surface area contributed by atoms with Gasteiger partial charge in [-0.25, -0.2) is 9.52 Å². The topological polar surface area (TPSA) is 177 Å². The molecule has 4 unspecified atom stereocenters. The van der Waals surface area contributed by atoms with Crippen molar-refractivity contribution in [2.24, 2.45) is 11.7 Å². The van der Waals surface area contributed by atoms with Crippen LogP contribution >= 0.6 is 0 Å². The number of allylic oxidation sites excluding steroid dienone is 1. The summed E-state index contributed by atoms with van der Waals surface area (Å²) in [4.78, 5) is 52.1. The molecule has 0 aromatic heterocycles. The van der Waals surface area contributed by atoms with Crippen LogP contribution < -0.4 is 20.5 Å². The van der Waals surface area contributed by atoms with Gasteiger partial charge in [0.15, 0.2) is 6.10 Å². The summed E-state index contributed by atoms with van der Waals surface area (Å²) in [6.07, 6.45) is 6.03. The zero-order chi connectivity index (χ0) is 24.9. The highest BCUT2D eigenvalue weighted by atomic mass is 32.2. The summed E-state index contributed by atoms with van der Waals surface area (Å²) in [5.41, 5.74) is 3.74. The van der Waals surface area contributed by atoms with Crippen molar-refractivity contribution in [2.45, 2.75) is 76.0 Å². The van der Waals surface area contributed by atoms with Gasteiger partial charge in [0, 0.05) is 19.0 Å². The number of nitrogens with two attached hydrogens (primary N) is 1. The Hall–Kier alpha value is -2.67. The fraction of sp³-hybridized carbons (Fsp3) is 0.714. The summed E-state index contributed by atoms with van der Waals surface area (Å²) in [6, 6.07) is -0.864.